The average Bonchev–Trinajstić information content (AvgIpc) is 3.02. The fraction of sp³-hybridized carbons (Fsp3) is 0.111. The second-order valence-corrected chi connectivity index (χ2v) is 5.69. The van der Waals surface area contributed by atoms with Crippen LogP contribution in [0.15, 0.2) is 48.8 Å². The highest BCUT2D eigenvalue weighted by atomic mass is 19.1. The number of rotatable bonds is 4. The van der Waals surface area contributed by atoms with E-state index in [1.807, 2.05) is 17.6 Å². The summed E-state index contributed by atoms with van der Waals surface area (Å²) in [5.41, 5.74) is 8.61. The van der Waals surface area contributed by atoms with Crippen molar-refractivity contribution in [2.45, 2.75) is 13.5 Å². The van der Waals surface area contributed by atoms with Gasteiger partial charge in [-0.25, -0.2) is 19.3 Å². The first-order valence-electron chi connectivity index (χ1n) is 8.12. The number of fused-ring (bicyclic) bond motifs is 1. The molecule has 0 fully saturated rings. The van der Waals surface area contributed by atoms with Crippen molar-refractivity contribution in [3.8, 4) is 11.4 Å². The van der Waals surface area contributed by atoms with Gasteiger partial charge in [0.2, 0.25) is 5.95 Å². The number of imidazole rings is 1. The summed E-state index contributed by atoms with van der Waals surface area (Å²) in [5.74, 6) is 1.33. The Morgan fingerprint density at radius 2 is 1.85 bits per heavy atom. The summed E-state index contributed by atoms with van der Waals surface area (Å²) in [6.45, 7) is 2.70. The van der Waals surface area contributed by atoms with Gasteiger partial charge in [-0.2, -0.15) is 4.98 Å². The van der Waals surface area contributed by atoms with Crippen LogP contribution in [0.2, 0.25) is 0 Å². The monoisotopic (exact) mass is 349 g/mol. The molecule has 4 aromatic rings. The van der Waals surface area contributed by atoms with Gasteiger partial charge >= 0.3 is 0 Å². The molecule has 0 aliphatic rings. The number of anilines is 3. The van der Waals surface area contributed by atoms with Gasteiger partial charge in [-0.05, 0) is 43.3 Å². The summed E-state index contributed by atoms with van der Waals surface area (Å²) in [4.78, 5) is 17.6. The van der Waals surface area contributed by atoms with Crippen molar-refractivity contribution in [1.29, 1.82) is 0 Å². The van der Waals surface area contributed by atoms with Crippen LogP contribution in [0.5, 0.6) is 0 Å². The number of nitrogens with zero attached hydrogens (tertiary/aromatic N) is 5. The van der Waals surface area contributed by atoms with Crippen LogP contribution in [-0.2, 0) is 6.54 Å². The van der Waals surface area contributed by atoms with Crippen LogP contribution in [0.25, 0.3) is 22.6 Å². The zero-order valence-corrected chi connectivity index (χ0v) is 14.0. The third-order valence-corrected chi connectivity index (χ3v) is 3.95. The second kappa shape index (κ2) is 6.40. The minimum Gasteiger partial charge on any atom is -0.384 e. The van der Waals surface area contributed by atoms with Crippen LogP contribution >= 0.6 is 0 Å². The molecule has 0 amide bonds. The molecule has 0 saturated carbocycles. The first-order valence-corrected chi connectivity index (χ1v) is 8.12. The largest absolute Gasteiger partial charge is 0.384 e. The lowest BCUT2D eigenvalue weighted by molar-refractivity contribution is 0.628. The molecular formula is C18H16FN7. The van der Waals surface area contributed by atoms with Crippen molar-refractivity contribution < 1.29 is 4.39 Å². The van der Waals surface area contributed by atoms with E-state index in [-0.39, 0.29) is 5.82 Å². The highest BCUT2D eigenvalue weighted by molar-refractivity contribution is 5.78. The Hall–Kier alpha value is -3.55. The van der Waals surface area contributed by atoms with E-state index in [9.17, 15) is 4.39 Å². The van der Waals surface area contributed by atoms with E-state index in [0.717, 1.165) is 11.4 Å². The average molecular weight is 349 g/mol. The van der Waals surface area contributed by atoms with Gasteiger partial charge in [0, 0.05) is 24.0 Å². The summed E-state index contributed by atoms with van der Waals surface area (Å²) in [7, 11) is 0. The molecule has 26 heavy (non-hydrogen) atoms. The van der Waals surface area contributed by atoms with Crippen molar-refractivity contribution >= 4 is 28.6 Å². The Bertz CT molecular complexity index is 1060. The van der Waals surface area contributed by atoms with Gasteiger partial charge in [0.25, 0.3) is 0 Å². The molecule has 4 rings (SSSR count). The first kappa shape index (κ1) is 15.9. The number of hydrogen-bond donors (Lipinski definition) is 2. The van der Waals surface area contributed by atoms with Gasteiger partial charge in [0.15, 0.2) is 5.65 Å². The summed E-state index contributed by atoms with van der Waals surface area (Å²) in [6, 6.07) is 9.63. The van der Waals surface area contributed by atoms with E-state index < -0.39 is 0 Å². The van der Waals surface area contributed by atoms with Gasteiger partial charge in [-0.1, -0.05) is 0 Å². The van der Waals surface area contributed by atoms with Crippen molar-refractivity contribution in [3.05, 3.63) is 54.6 Å². The number of aryl methyl sites for hydroxylation is 1. The normalized spacial score (nSPS) is 11.0. The molecule has 0 bridgehead atoms. The smallest absolute Gasteiger partial charge is 0.229 e. The Balaban J connectivity index is 1.75. The van der Waals surface area contributed by atoms with Gasteiger partial charge in [0.1, 0.15) is 23.0 Å². The summed E-state index contributed by atoms with van der Waals surface area (Å²) < 4.78 is 15.0. The Morgan fingerprint density at radius 1 is 1.04 bits per heavy atom. The molecule has 0 atom stereocenters. The lowest BCUT2D eigenvalue weighted by Crippen LogP contribution is -2.02. The number of nitrogens with two attached hydrogens (primary N) is 1. The number of halogens is 1. The molecule has 1 aromatic carbocycles. The van der Waals surface area contributed by atoms with E-state index in [4.69, 9.17) is 5.73 Å². The number of nitrogens with one attached hydrogen (secondary N) is 1. The molecule has 3 aromatic heterocycles. The summed E-state index contributed by atoms with van der Waals surface area (Å²) in [5, 5.41) is 3.07. The number of pyridine rings is 1. The first-order chi connectivity index (χ1) is 12.6. The minimum absolute atomic E-state index is 0.294. The molecule has 0 unspecified atom stereocenters. The number of aromatic nitrogens is 5. The van der Waals surface area contributed by atoms with Crippen LogP contribution in [-0.4, -0.2) is 24.5 Å². The highest BCUT2D eigenvalue weighted by Gasteiger charge is 2.14. The second-order valence-electron chi connectivity index (χ2n) is 5.69. The maximum atomic E-state index is 13.0. The molecule has 0 aliphatic carbocycles. The Labute approximate surface area is 148 Å². The third-order valence-electron chi connectivity index (χ3n) is 3.95. The molecule has 0 spiro atoms. The third kappa shape index (κ3) is 2.92. The maximum Gasteiger partial charge on any atom is 0.229 e. The van der Waals surface area contributed by atoms with Gasteiger partial charge in [0.05, 0.1) is 6.20 Å². The fourth-order valence-electron chi connectivity index (χ4n) is 2.70. The number of hydrogen-bond acceptors (Lipinski definition) is 6. The van der Waals surface area contributed by atoms with Crippen LogP contribution in [0.1, 0.15) is 6.92 Å². The van der Waals surface area contributed by atoms with Gasteiger partial charge in [-0.15, -0.1) is 0 Å². The molecule has 3 N–H and O–H groups in total. The summed E-state index contributed by atoms with van der Waals surface area (Å²) >= 11 is 0. The van der Waals surface area contributed by atoms with Crippen LogP contribution in [0, 0.1) is 5.82 Å². The van der Waals surface area contributed by atoms with Crippen molar-refractivity contribution in [3.63, 3.8) is 0 Å². The zero-order valence-electron chi connectivity index (χ0n) is 14.0. The molecular weight excluding hydrogens is 333 g/mol. The van der Waals surface area contributed by atoms with Crippen molar-refractivity contribution in [2.75, 3.05) is 11.1 Å². The van der Waals surface area contributed by atoms with Gasteiger partial charge in [-0.3, -0.25) is 0 Å². The minimum atomic E-state index is -0.294. The van der Waals surface area contributed by atoms with E-state index in [0.29, 0.717) is 35.2 Å². The quantitative estimate of drug-likeness (QED) is 0.586. The lowest BCUT2D eigenvalue weighted by atomic mass is 10.2. The van der Waals surface area contributed by atoms with E-state index in [1.54, 1.807) is 30.6 Å². The van der Waals surface area contributed by atoms with E-state index in [1.165, 1.54) is 12.1 Å². The van der Waals surface area contributed by atoms with E-state index in [2.05, 4.69) is 25.3 Å². The van der Waals surface area contributed by atoms with Crippen molar-refractivity contribution in [2.24, 2.45) is 0 Å². The molecule has 3 heterocycles. The lowest BCUT2D eigenvalue weighted by Gasteiger charge is -2.07. The predicted molar refractivity (Wildman–Crippen MR) is 98.3 cm³/mol. The van der Waals surface area contributed by atoms with Crippen LogP contribution in [0.3, 0.4) is 0 Å². The molecule has 0 radical (unpaired) electrons. The molecule has 0 aliphatic heterocycles. The zero-order chi connectivity index (χ0) is 18.1. The van der Waals surface area contributed by atoms with Crippen molar-refractivity contribution in [1.82, 2.24) is 24.5 Å². The van der Waals surface area contributed by atoms with Crippen LogP contribution < -0.4 is 11.1 Å². The molecule has 130 valence electrons. The van der Waals surface area contributed by atoms with Crippen LogP contribution in [0.4, 0.5) is 21.8 Å². The molecule has 8 heteroatoms. The topological polar surface area (TPSA) is 94.5 Å². The Morgan fingerprint density at radius 3 is 2.54 bits per heavy atom. The molecule has 7 nitrogen and oxygen atoms in total. The standard InChI is InChI=1S/C18H16FN7/c1-2-26-16(11-3-8-15(20)21-9-11)24-14-10-22-18(25-17(14)26)23-13-6-4-12(19)5-7-13/h3-10H,2H2,1H3,(H2,20,21)(H,22,23,25). The van der Waals surface area contributed by atoms with Gasteiger partial charge < -0.3 is 15.6 Å². The highest BCUT2D eigenvalue weighted by Crippen LogP contribution is 2.24. The maximum absolute atomic E-state index is 13.0. The summed E-state index contributed by atoms with van der Waals surface area (Å²) in [6.07, 6.45) is 3.35. The molecule has 0 saturated heterocycles. The fourth-order valence-corrected chi connectivity index (χ4v) is 2.70. The number of nitrogen functional groups attached to an aromatic ring is 1. The SMILES string of the molecule is CCn1c(-c2ccc(N)nc2)nc2cnc(Nc3ccc(F)cc3)nc21. The Kier molecular flexibility index (Phi) is 3.92. The number of benzene rings is 1. The predicted octanol–water partition coefficient (Wildman–Crippen LogP) is 3.37. The van der Waals surface area contributed by atoms with E-state index >= 15 is 0 Å².